The highest BCUT2D eigenvalue weighted by atomic mass is 16.6. The number of terminal acetylenes is 1. The van der Waals surface area contributed by atoms with Crippen LogP contribution in [0.1, 0.15) is 63.3 Å². The van der Waals surface area contributed by atoms with Crippen molar-refractivity contribution in [2.24, 2.45) is 0 Å². The van der Waals surface area contributed by atoms with E-state index in [2.05, 4.69) is 16.6 Å². The summed E-state index contributed by atoms with van der Waals surface area (Å²) in [6, 6.07) is 15.7. The molecule has 2 N–H and O–H groups in total. The van der Waals surface area contributed by atoms with Crippen molar-refractivity contribution >= 4 is 17.9 Å². The van der Waals surface area contributed by atoms with E-state index in [9.17, 15) is 19.6 Å². The molecule has 8 heteroatoms. The Morgan fingerprint density at radius 1 is 1.08 bits per heavy atom. The number of hydrogen-bond donors (Lipinski definition) is 2. The van der Waals surface area contributed by atoms with Crippen LogP contribution in [0.25, 0.3) is 0 Å². The Morgan fingerprint density at radius 3 is 2.34 bits per heavy atom. The van der Waals surface area contributed by atoms with Crippen LogP contribution in [-0.4, -0.2) is 47.5 Å². The monoisotopic (exact) mass is 516 g/mol. The average molecular weight is 517 g/mol. The Balaban J connectivity index is 2.54. The highest BCUT2D eigenvalue weighted by molar-refractivity contribution is 5.92. The van der Waals surface area contributed by atoms with Gasteiger partial charge in [0.25, 0.3) is 0 Å². The summed E-state index contributed by atoms with van der Waals surface area (Å²) in [5, 5.41) is 15.2. The van der Waals surface area contributed by atoms with E-state index in [-0.39, 0.29) is 6.42 Å². The normalized spacial score (nSPS) is 12.3. The van der Waals surface area contributed by atoms with Gasteiger partial charge in [0.1, 0.15) is 24.2 Å². The van der Waals surface area contributed by atoms with E-state index in [1.807, 2.05) is 43.3 Å². The number of nitrogens with zero attached hydrogens (tertiary/aromatic N) is 2. The summed E-state index contributed by atoms with van der Waals surface area (Å²) >= 11 is 0. The molecule has 0 aromatic heterocycles. The molecule has 2 unspecified atom stereocenters. The van der Waals surface area contributed by atoms with Gasteiger partial charge in [0.05, 0.1) is 6.07 Å². The summed E-state index contributed by atoms with van der Waals surface area (Å²) in [6.07, 6.45) is 6.68. The van der Waals surface area contributed by atoms with Crippen LogP contribution in [0.3, 0.4) is 0 Å². The molecule has 200 valence electrons. The lowest BCUT2D eigenvalue weighted by molar-refractivity contribution is -0.141. The maximum atomic E-state index is 14.1. The molecule has 0 heterocycles. The first-order valence-electron chi connectivity index (χ1n) is 12.6. The van der Waals surface area contributed by atoms with E-state index in [1.165, 1.54) is 4.90 Å². The average Bonchev–Trinajstić information content (AvgIpc) is 2.87. The van der Waals surface area contributed by atoms with Crippen molar-refractivity contribution in [3.63, 3.8) is 0 Å². The Labute approximate surface area is 225 Å². The van der Waals surface area contributed by atoms with Crippen LogP contribution in [0.15, 0.2) is 54.6 Å². The number of rotatable bonds is 11. The molecule has 2 aromatic carbocycles. The third-order valence-corrected chi connectivity index (χ3v) is 5.60. The SMILES string of the molecule is C#Cc1ccccc1C(C(=O)NCCCC)N(CC#N)C(=O)C(Cc1ccccc1)NC(=O)OC(C)(C)C. The second-order valence-corrected chi connectivity index (χ2v) is 9.79. The van der Waals surface area contributed by atoms with Crippen LogP contribution < -0.4 is 10.6 Å². The molecule has 0 aliphatic heterocycles. The standard InChI is InChI=1S/C30H36N4O4/c1-6-8-19-32-27(35)26(24-17-13-12-16-23(24)7-2)34(20-18-31)28(36)25(21-22-14-10-9-11-15-22)33-29(37)38-30(3,4)5/h2,9-17,25-26H,6,8,19-21H2,1,3-5H3,(H,32,35)(H,33,37). The van der Waals surface area contributed by atoms with Gasteiger partial charge in [0.2, 0.25) is 11.8 Å². The molecule has 2 atom stereocenters. The van der Waals surface area contributed by atoms with Gasteiger partial charge in [0, 0.05) is 18.5 Å². The summed E-state index contributed by atoms with van der Waals surface area (Å²) in [7, 11) is 0. The number of hydrogen-bond acceptors (Lipinski definition) is 5. The summed E-state index contributed by atoms with van der Waals surface area (Å²) in [6.45, 7) is 7.16. The number of carbonyl (C=O) groups excluding carboxylic acids is 3. The van der Waals surface area contributed by atoms with Crippen molar-refractivity contribution in [1.82, 2.24) is 15.5 Å². The van der Waals surface area contributed by atoms with Crippen molar-refractivity contribution in [2.75, 3.05) is 13.1 Å². The number of carbonyl (C=O) groups is 3. The number of nitriles is 1. The largest absolute Gasteiger partial charge is 0.444 e. The molecule has 0 radical (unpaired) electrons. The second-order valence-electron chi connectivity index (χ2n) is 9.79. The van der Waals surface area contributed by atoms with E-state index >= 15 is 0 Å². The summed E-state index contributed by atoms with van der Waals surface area (Å²) in [5.74, 6) is 1.50. The van der Waals surface area contributed by atoms with Gasteiger partial charge in [-0.05, 0) is 44.4 Å². The molecule has 38 heavy (non-hydrogen) atoms. The second kappa shape index (κ2) is 14.4. The van der Waals surface area contributed by atoms with Gasteiger partial charge in [-0.3, -0.25) is 9.59 Å². The smallest absolute Gasteiger partial charge is 0.408 e. The first-order chi connectivity index (χ1) is 18.1. The summed E-state index contributed by atoms with van der Waals surface area (Å²) in [5.41, 5.74) is 0.846. The predicted molar refractivity (Wildman–Crippen MR) is 146 cm³/mol. The topological polar surface area (TPSA) is 112 Å². The van der Waals surface area contributed by atoms with E-state index in [1.54, 1.807) is 45.0 Å². The fourth-order valence-electron chi connectivity index (χ4n) is 3.88. The van der Waals surface area contributed by atoms with E-state index in [0.717, 1.165) is 18.4 Å². The van der Waals surface area contributed by atoms with E-state index in [0.29, 0.717) is 17.7 Å². The van der Waals surface area contributed by atoms with Crippen LogP contribution in [0.4, 0.5) is 4.79 Å². The van der Waals surface area contributed by atoms with Gasteiger partial charge in [-0.1, -0.05) is 67.8 Å². The zero-order chi connectivity index (χ0) is 28.1. The molecular formula is C30H36N4O4. The van der Waals surface area contributed by atoms with Gasteiger partial charge < -0.3 is 20.3 Å². The lowest BCUT2D eigenvalue weighted by atomic mass is 9.96. The maximum absolute atomic E-state index is 14.1. The zero-order valence-corrected chi connectivity index (χ0v) is 22.5. The highest BCUT2D eigenvalue weighted by Crippen LogP contribution is 2.26. The molecule has 0 spiro atoms. The van der Waals surface area contributed by atoms with Gasteiger partial charge in [-0.15, -0.1) is 6.42 Å². The van der Waals surface area contributed by atoms with Crippen molar-refractivity contribution in [1.29, 1.82) is 5.26 Å². The lowest BCUT2D eigenvalue weighted by Crippen LogP contribution is -2.54. The number of nitrogens with one attached hydrogen (secondary N) is 2. The van der Waals surface area contributed by atoms with E-state index in [4.69, 9.17) is 11.2 Å². The molecule has 0 aliphatic rings. The molecule has 0 bridgehead atoms. The third kappa shape index (κ3) is 8.97. The van der Waals surface area contributed by atoms with Crippen LogP contribution in [0, 0.1) is 23.7 Å². The van der Waals surface area contributed by atoms with Crippen molar-refractivity contribution in [2.45, 2.75) is 64.6 Å². The quantitative estimate of drug-likeness (QED) is 0.265. The molecule has 0 aliphatic carbocycles. The summed E-state index contributed by atoms with van der Waals surface area (Å²) < 4.78 is 5.40. The molecular weight excluding hydrogens is 480 g/mol. The number of amides is 3. The first kappa shape index (κ1) is 29.9. The van der Waals surface area contributed by atoms with E-state index < -0.39 is 42.1 Å². The third-order valence-electron chi connectivity index (χ3n) is 5.60. The van der Waals surface area contributed by atoms with Gasteiger partial charge >= 0.3 is 6.09 Å². The van der Waals surface area contributed by atoms with Crippen LogP contribution in [0.2, 0.25) is 0 Å². The number of unbranched alkanes of at least 4 members (excludes halogenated alkanes) is 1. The minimum absolute atomic E-state index is 0.127. The van der Waals surface area contributed by atoms with Gasteiger partial charge in [-0.25, -0.2) is 4.79 Å². The summed E-state index contributed by atoms with van der Waals surface area (Å²) in [4.78, 5) is 41.5. The fraction of sp³-hybridized carbons (Fsp3) is 0.400. The fourth-order valence-corrected chi connectivity index (χ4v) is 3.88. The van der Waals surface area contributed by atoms with Crippen LogP contribution in [0.5, 0.6) is 0 Å². The number of benzene rings is 2. The molecule has 3 amide bonds. The Bertz CT molecular complexity index is 1180. The maximum Gasteiger partial charge on any atom is 0.408 e. The lowest BCUT2D eigenvalue weighted by Gasteiger charge is -2.33. The molecule has 0 fully saturated rings. The number of ether oxygens (including phenoxy) is 1. The van der Waals surface area contributed by atoms with Crippen LogP contribution >= 0.6 is 0 Å². The predicted octanol–water partition coefficient (Wildman–Crippen LogP) is 4.11. The Hall–Kier alpha value is -4.30. The number of alkyl carbamates (subject to hydrolysis) is 1. The molecule has 2 aromatic rings. The van der Waals surface area contributed by atoms with Gasteiger partial charge in [0.15, 0.2) is 0 Å². The zero-order valence-electron chi connectivity index (χ0n) is 22.5. The Morgan fingerprint density at radius 2 is 1.74 bits per heavy atom. The molecule has 8 nitrogen and oxygen atoms in total. The van der Waals surface area contributed by atoms with Crippen molar-refractivity contribution in [3.05, 3.63) is 71.3 Å². The van der Waals surface area contributed by atoms with Crippen molar-refractivity contribution < 1.29 is 19.1 Å². The molecule has 2 rings (SSSR count). The van der Waals surface area contributed by atoms with Crippen molar-refractivity contribution in [3.8, 4) is 18.4 Å². The minimum atomic E-state index is -1.18. The highest BCUT2D eigenvalue weighted by Gasteiger charge is 2.37. The first-order valence-corrected chi connectivity index (χ1v) is 12.6. The molecule has 0 saturated carbocycles. The van der Waals surface area contributed by atoms with Crippen LogP contribution in [-0.2, 0) is 20.7 Å². The molecule has 0 saturated heterocycles. The minimum Gasteiger partial charge on any atom is -0.444 e. The van der Waals surface area contributed by atoms with Gasteiger partial charge in [-0.2, -0.15) is 5.26 Å². The Kier molecular flexibility index (Phi) is 11.4.